The molecule has 0 aliphatic carbocycles. The van der Waals surface area contributed by atoms with Gasteiger partial charge in [0.15, 0.2) is 0 Å². The zero-order chi connectivity index (χ0) is 29.1. The first-order valence-corrected chi connectivity index (χ1v) is 14.5. The number of rotatable bonds is 9. The SMILES string of the molecule is COc1ncc(-c2ccc3ncc(OCCN4CCOC(C)C4)c(=O)n3c2)cc1NS(=O)(=O)c1ccc(F)cc1Cl. The summed E-state index contributed by atoms with van der Waals surface area (Å²) in [5.74, 6) is -0.560. The van der Waals surface area contributed by atoms with Gasteiger partial charge in [0.25, 0.3) is 15.6 Å². The van der Waals surface area contributed by atoms with Gasteiger partial charge in [-0.3, -0.25) is 18.8 Å². The maximum atomic E-state index is 13.5. The first-order valence-electron chi connectivity index (χ1n) is 12.6. The number of anilines is 1. The fraction of sp³-hybridized carbons (Fsp3) is 0.296. The van der Waals surface area contributed by atoms with Gasteiger partial charge in [0.2, 0.25) is 11.6 Å². The molecule has 1 unspecified atom stereocenters. The lowest BCUT2D eigenvalue weighted by Gasteiger charge is -2.30. The zero-order valence-corrected chi connectivity index (χ0v) is 23.8. The van der Waals surface area contributed by atoms with E-state index < -0.39 is 15.8 Å². The molecule has 0 amide bonds. The standard InChI is InChI=1S/C27H27ClFN5O6S/c1-17-15-33(7-9-39-17)8-10-40-23-14-30-25-6-3-18(16-34(25)27(23)35)19-11-22(26(38-2)31-13-19)32-41(36,37)24-5-4-20(29)12-21(24)28/h3-6,11-14,16-17,32H,7-10,15H2,1-2H3. The van der Waals surface area contributed by atoms with E-state index in [1.807, 2.05) is 6.92 Å². The molecular formula is C27H27ClFN5O6S. The van der Waals surface area contributed by atoms with E-state index in [4.69, 9.17) is 25.8 Å². The average molecular weight is 604 g/mol. The first-order chi connectivity index (χ1) is 19.6. The molecule has 1 N–H and O–H groups in total. The molecule has 1 saturated heterocycles. The second-order valence-corrected chi connectivity index (χ2v) is 11.4. The molecule has 0 saturated carbocycles. The van der Waals surface area contributed by atoms with Crippen LogP contribution in [0.25, 0.3) is 16.8 Å². The molecule has 1 aromatic carbocycles. The molecule has 11 nitrogen and oxygen atoms in total. The largest absolute Gasteiger partial charge is 0.485 e. The minimum atomic E-state index is -4.22. The number of aromatic nitrogens is 3. The summed E-state index contributed by atoms with van der Waals surface area (Å²) in [6, 6.07) is 7.85. The van der Waals surface area contributed by atoms with Gasteiger partial charge in [-0.1, -0.05) is 11.6 Å². The maximum Gasteiger partial charge on any atom is 0.300 e. The quantitative estimate of drug-likeness (QED) is 0.306. The summed E-state index contributed by atoms with van der Waals surface area (Å²) in [6.45, 7) is 5.24. The van der Waals surface area contributed by atoms with Crippen LogP contribution in [0.15, 0.2) is 64.7 Å². The number of pyridine rings is 2. The number of hydrogen-bond acceptors (Lipinski definition) is 9. The van der Waals surface area contributed by atoms with Crippen LogP contribution in [0, 0.1) is 5.82 Å². The minimum absolute atomic E-state index is 0.000491. The second-order valence-electron chi connectivity index (χ2n) is 9.37. The highest BCUT2D eigenvalue weighted by Crippen LogP contribution is 2.31. The summed E-state index contributed by atoms with van der Waals surface area (Å²) in [5.41, 5.74) is 1.07. The monoisotopic (exact) mass is 603 g/mol. The Labute approximate surface area is 240 Å². The topological polar surface area (TPSA) is 124 Å². The highest BCUT2D eigenvalue weighted by atomic mass is 35.5. The van der Waals surface area contributed by atoms with Crippen LogP contribution in [0.5, 0.6) is 11.6 Å². The van der Waals surface area contributed by atoms with Crippen molar-refractivity contribution in [3.8, 4) is 22.8 Å². The smallest absolute Gasteiger partial charge is 0.300 e. The molecular weight excluding hydrogens is 577 g/mol. The van der Waals surface area contributed by atoms with Crippen molar-refractivity contribution in [2.24, 2.45) is 0 Å². The number of fused-ring (bicyclic) bond motifs is 1. The Kier molecular flexibility index (Phi) is 8.40. The van der Waals surface area contributed by atoms with Crippen LogP contribution in [0.1, 0.15) is 6.92 Å². The van der Waals surface area contributed by atoms with Gasteiger partial charge < -0.3 is 14.2 Å². The van der Waals surface area contributed by atoms with Gasteiger partial charge >= 0.3 is 0 Å². The Morgan fingerprint density at radius 1 is 1.17 bits per heavy atom. The minimum Gasteiger partial charge on any atom is -0.485 e. The van der Waals surface area contributed by atoms with Crippen molar-refractivity contribution in [1.82, 2.24) is 19.3 Å². The van der Waals surface area contributed by atoms with E-state index in [2.05, 4.69) is 19.6 Å². The number of methoxy groups -OCH3 is 1. The van der Waals surface area contributed by atoms with E-state index in [0.29, 0.717) is 36.5 Å². The molecule has 1 atom stereocenters. The van der Waals surface area contributed by atoms with Crippen LogP contribution in [0.2, 0.25) is 5.02 Å². The van der Waals surface area contributed by atoms with Crippen LogP contribution in [0.3, 0.4) is 0 Å². The van der Waals surface area contributed by atoms with Crippen LogP contribution < -0.4 is 19.8 Å². The van der Waals surface area contributed by atoms with Gasteiger partial charge in [0.1, 0.15) is 28.7 Å². The predicted octanol–water partition coefficient (Wildman–Crippen LogP) is 3.46. The molecule has 1 aliphatic rings. The normalized spacial score (nSPS) is 16.0. The predicted molar refractivity (Wildman–Crippen MR) is 151 cm³/mol. The molecule has 41 heavy (non-hydrogen) atoms. The third kappa shape index (κ3) is 6.43. The fourth-order valence-corrected chi connectivity index (χ4v) is 6.03. The van der Waals surface area contributed by atoms with Crippen molar-refractivity contribution in [1.29, 1.82) is 0 Å². The van der Waals surface area contributed by atoms with Crippen LogP contribution >= 0.6 is 11.6 Å². The summed E-state index contributed by atoms with van der Waals surface area (Å²) >= 11 is 5.98. The zero-order valence-electron chi connectivity index (χ0n) is 22.2. The molecule has 0 radical (unpaired) electrons. The average Bonchev–Trinajstić information content (AvgIpc) is 2.94. The third-order valence-corrected chi connectivity index (χ3v) is 8.31. The lowest BCUT2D eigenvalue weighted by Crippen LogP contribution is -2.42. The molecule has 1 fully saturated rings. The third-order valence-electron chi connectivity index (χ3n) is 6.47. The van der Waals surface area contributed by atoms with Crippen molar-refractivity contribution in [3.63, 3.8) is 0 Å². The summed E-state index contributed by atoms with van der Waals surface area (Å²) in [4.78, 5) is 23.7. The summed E-state index contributed by atoms with van der Waals surface area (Å²) < 4.78 is 59.8. The van der Waals surface area contributed by atoms with Crippen molar-refractivity contribution in [2.75, 3.05) is 44.7 Å². The number of ether oxygens (including phenoxy) is 3. The number of hydrogen-bond donors (Lipinski definition) is 1. The number of nitrogens with zero attached hydrogens (tertiary/aromatic N) is 4. The number of nitrogens with one attached hydrogen (secondary N) is 1. The van der Waals surface area contributed by atoms with E-state index in [9.17, 15) is 17.6 Å². The second kappa shape index (κ2) is 12.0. The molecule has 0 bridgehead atoms. The fourth-order valence-electron chi connectivity index (χ4n) is 4.45. The van der Waals surface area contributed by atoms with E-state index >= 15 is 0 Å². The van der Waals surface area contributed by atoms with Gasteiger partial charge in [-0.25, -0.2) is 22.8 Å². The number of halogens is 2. The van der Waals surface area contributed by atoms with E-state index in [0.717, 1.165) is 31.3 Å². The first kappa shape index (κ1) is 28.7. The lowest BCUT2D eigenvalue weighted by molar-refractivity contribution is -0.0214. The lowest BCUT2D eigenvalue weighted by atomic mass is 10.1. The Bertz CT molecular complexity index is 1750. The highest BCUT2D eigenvalue weighted by Gasteiger charge is 2.22. The summed E-state index contributed by atoms with van der Waals surface area (Å²) in [6.07, 6.45) is 4.60. The number of sulfonamides is 1. The summed E-state index contributed by atoms with van der Waals surface area (Å²) in [5, 5.41) is -0.278. The Morgan fingerprint density at radius 3 is 2.76 bits per heavy atom. The van der Waals surface area contributed by atoms with Crippen LogP contribution in [-0.2, 0) is 14.8 Å². The molecule has 0 spiro atoms. The van der Waals surface area contributed by atoms with Gasteiger partial charge in [-0.15, -0.1) is 0 Å². The van der Waals surface area contributed by atoms with Gasteiger partial charge in [0.05, 0.1) is 31.0 Å². The molecule has 3 aromatic heterocycles. The Balaban J connectivity index is 1.41. The highest BCUT2D eigenvalue weighted by molar-refractivity contribution is 7.92. The van der Waals surface area contributed by atoms with Crippen molar-refractivity contribution < 1.29 is 27.0 Å². The molecule has 4 heterocycles. The van der Waals surface area contributed by atoms with E-state index in [-0.39, 0.29) is 38.9 Å². The van der Waals surface area contributed by atoms with Gasteiger partial charge in [-0.2, -0.15) is 0 Å². The van der Waals surface area contributed by atoms with E-state index in [1.54, 1.807) is 18.3 Å². The number of morpholine rings is 1. The van der Waals surface area contributed by atoms with Crippen molar-refractivity contribution in [3.05, 3.63) is 76.2 Å². The van der Waals surface area contributed by atoms with Crippen molar-refractivity contribution >= 4 is 33.0 Å². The molecule has 216 valence electrons. The maximum absolute atomic E-state index is 13.5. The molecule has 1 aliphatic heterocycles. The van der Waals surface area contributed by atoms with Crippen LogP contribution in [-0.4, -0.2) is 73.7 Å². The molecule has 5 rings (SSSR count). The van der Waals surface area contributed by atoms with Gasteiger partial charge in [-0.05, 0) is 43.3 Å². The Morgan fingerprint density at radius 2 is 2.00 bits per heavy atom. The Hall–Kier alpha value is -3.78. The molecule has 4 aromatic rings. The van der Waals surface area contributed by atoms with E-state index in [1.165, 1.54) is 30.0 Å². The molecule has 14 heteroatoms. The van der Waals surface area contributed by atoms with Gasteiger partial charge in [0, 0.05) is 43.2 Å². The summed E-state index contributed by atoms with van der Waals surface area (Å²) in [7, 11) is -2.88. The van der Waals surface area contributed by atoms with Crippen LogP contribution in [0.4, 0.5) is 10.1 Å². The van der Waals surface area contributed by atoms with Crippen molar-refractivity contribution in [2.45, 2.75) is 17.9 Å². The number of benzene rings is 1.